The molecule has 0 heterocycles. The van der Waals surface area contributed by atoms with Gasteiger partial charge >= 0.3 is 5.97 Å². The lowest BCUT2D eigenvalue weighted by Crippen LogP contribution is -2.28. The minimum atomic E-state index is -0.595. The quantitative estimate of drug-likeness (QED) is 0.599. The van der Waals surface area contributed by atoms with E-state index in [0.717, 1.165) is 23.3 Å². The van der Waals surface area contributed by atoms with E-state index < -0.39 is 11.3 Å². The molecule has 1 amide bonds. The number of nitrogens with one attached hydrogen (secondary N) is 1. The summed E-state index contributed by atoms with van der Waals surface area (Å²) in [4.78, 5) is 25.4. The van der Waals surface area contributed by atoms with Crippen LogP contribution in [0.4, 0.5) is 5.69 Å². The molecule has 3 rings (SSSR count). The molecule has 5 nitrogen and oxygen atoms in total. The van der Waals surface area contributed by atoms with Gasteiger partial charge in [0, 0.05) is 4.90 Å². The Balaban J connectivity index is 1.57. The molecule has 0 saturated heterocycles. The maximum atomic E-state index is 12.5. The number of para-hydroxylation sites is 1. The van der Waals surface area contributed by atoms with Gasteiger partial charge in [-0.05, 0) is 30.5 Å². The number of amides is 1. The third kappa shape index (κ3) is 4.06. The third-order valence-corrected chi connectivity index (χ3v) is 5.20. The van der Waals surface area contributed by atoms with Crippen LogP contribution < -0.4 is 5.32 Å². The molecule has 1 fully saturated rings. The highest BCUT2D eigenvalue weighted by Crippen LogP contribution is 2.49. The van der Waals surface area contributed by atoms with E-state index in [1.165, 1.54) is 11.8 Å². The summed E-state index contributed by atoms with van der Waals surface area (Å²) < 4.78 is 5.27. The van der Waals surface area contributed by atoms with Crippen LogP contribution >= 0.6 is 11.8 Å². The first kappa shape index (κ1) is 18.0. The molecule has 2 aromatic rings. The maximum Gasteiger partial charge on any atom is 0.317 e. The third-order valence-electron chi connectivity index (χ3n) is 4.25. The lowest BCUT2D eigenvalue weighted by Gasteiger charge is -2.15. The summed E-state index contributed by atoms with van der Waals surface area (Å²) >= 11 is 1.34. The average molecular weight is 366 g/mol. The molecule has 0 aromatic heterocycles. The van der Waals surface area contributed by atoms with E-state index in [1.807, 2.05) is 42.5 Å². The van der Waals surface area contributed by atoms with Gasteiger partial charge in [-0.3, -0.25) is 9.59 Å². The fourth-order valence-corrected chi connectivity index (χ4v) is 3.42. The van der Waals surface area contributed by atoms with Crippen molar-refractivity contribution < 1.29 is 14.3 Å². The summed E-state index contributed by atoms with van der Waals surface area (Å²) in [6, 6.07) is 18.8. The van der Waals surface area contributed by atoms with Gasteiger partial charge in [-0.25, -0.2) is 0 Å². The number of nitriles is 1. The van der Waals surface area contributed by atoms with E-state index in [9.17, 15) is 9.59 Å². The van der Waals surface area contributed by atoms with Gasteiger partial charge in [0.1, 0.15) is 0 Å². The fourth-order valence-electron chi connectivity index (χ4n) is 2.75. The Bertz CT molecular complexity index is 842. The first-order valence-electron chi connectivity index (χ1n) is 8.27. The van der Waals surface area contributed by atoms with Gasteiger partial charge in [-0.15, -0.1) is 11.8 Å². The minimum Gasteiger partial charge on any atom is -0.455 e. The number of hydrogen-bond acceptors (Lipinski definition) is 5. The Kier molecular flexibility index (Phi) is 5.59. The summed E-state index contributed by atoms with van der Waals surface area (Å²) in [6.45, 7) is -0.329. The van der Waals surface area contributed by atoms with Crippen molar-refractivity contribution in [3.63, 3.8) is 0 Å². The largest absolute Gasteiger partial charge is 0.455 e. The molecule has 26 heavy (non-hydrogen) atoms. The number of carbonyl (C=O) groups excluding carboxylic acids is 2. The molecule has 0 spiro atoms. The van der Waals surface area contributed by atoms with Crippen LogP contribution in [-0.2, 0) is 19.7 Å². The molecule has 132 valence electrons. The molecular formula is C20H18N2O3S. The van der Waals surface area contributed by atoms with Crippen molar-refractivity contribution in [3.05, 3.63) is 60.2 Å². The van der Waals surface area contributed by atoms with Gasteiger partial charge in [0.05, 0.1) is 22.9 Å². The minimum absolute atomic E-state index is 0.293. The summed E-state index contributed by atoms with van der Waals surface area (Å²) in [5.41, 5.74) is 0.948. The molecule has 0 atom stereocenters. The summed E-state index contributed by atoms with van der Waals surface area (Å²) in [7, 11) is 0. The van der Waals surface area contributed by atoms with Crippen LogP contribution in [0.2, 0.25) is 0 Å². The smallest absolute Gasteiger partial charge is 0.317 e. The highest BCUT2D eigenvalue weighted by molar-refractivity contribution is 7.99. The second kappa shape index (κ2) is 8.07. The van der Waals surface area contributed by atoms with Gasteiger partial charge in [-0.1, -0.05) is 42.5 Å². The molecule has 0 aliphatic heterocycles. The highest BCUT2D eigenvalue weighted by atomic mass is 32.2. The van der Waals surface area contributed by atoms with Crippen molar-refractivity contribution in [3.8, 4) is 6.07 Å². The van der Waals surface area contributed by atoms with Gasteiger partial charge < -0.3 is 10.1 Å². The van der Waals surface area contributed by atoms with Crippen LogP contribution in [0.3, 0.4) is 0 Å². The van der Waals surface area contributed by atoms with Crippen molar-refractivity contribution in [2.45, 2.75) is 23.2 Å². The van der Waals surface area contributed by atoms with Crippen molar-refractivity contribution in [1.82, 2.24) is 0 Å². The second-order valence-corrected chi connectivity index (χ2v) is 7.03. The number of anilines is 1. The first-order chi connectivity index (χ1) is 12.7. The Morgan fingerprint density at radius 3 is 2.50 bits per heavy atom. The maximum absolute atomic E-state index is 12.5. The standard InChI is InChI=1S/C20H18N2O3S/c21-12-13-26-17-9-5-4-8-16(17)22-18(23)14-25-19(24)20(10-11-20)15-6-2-1-3-7-15/h1-9H,10-11,13-14H2,(H,22,23). The normalized spacial score (nSPS) is 14.1. The zero-order valence-electron chi connectivity index (χ0n) is 14.1. The van der Waals surface area contributed by atoms with Gasteiger partial charge in [0.2, 0.25) is 0 Å². The Morgan fingerprint density at radius 1 is 1.12 bits per heavy atom. The molecule has 1 aliphatic carbocycles. The average Bonchev–Trinajstić information content (AvgIpc) is 3.48. The van der Waals surface area contributed by atoms with Crippen molar-refractivity contribution >= 4 is 29.3 Å². The molecule has 1 N–H and O–H groups in total. The van der Waals surface area contributed by atoms with E-state index in [2.05, 4.69) is 11.4 Å². The van der Waals surface area contributed by atoms with Crippen molar-refractivity contribution in [1.29, 1.82) is 5.26 Å². The predicted molar refractivity (Wildman–Crippen MR) is 99.7 cm³/mol. The van der Waals surface area contributed by atoms with E-state index in [-0.39, 0.29) is 12.6 Å². The van der Waals surface area contributed by atoms with Crippen molar-refractivity contribution in [2.75, 3.05) is 17.7 Å². The zero-order valence-corrected chi connectivity index (χ0v) is 14.9. The lowest BCUT2D eigenvalue weighted by atomic mass is 9.96. The van der Waals surface area contributed by atoms with Crippen LogP contribution in [0.15, 0.2) is 59.5 Å². The van der Waals surface area contributed by atoms with E-state index >= 15 is 0 Å². The summed E-state index contributed by atoms with van der Waals surface area (Å²) in [6.07, 6.45) is 1.48. The first-order valence-corrected chi connectivity index (χ1v) is 9.26. The molecule has 0 bridgehead atoms. The highest BCUT2D eigenvalue weighted by Gasteiger charge is 2.52. The van der Waals surface area contributed by atoms with Crippen LogP contribution in [0.5, 0.6) is 0 Å². The van der Waals surface area contributed by atoms with Crippen LogP contribution in [0, 0.1) is 11.3 Å². The molecule has 1 aliphatic rings. The van der Waals surface area contributed by atoms with E-state index in [1.54, 1.807) is 12.1 Å². The van der Waals surface area contributed by atoms with E-state index in [4.69, 9.17) is 10.00 Å². The van der Waals surface area contributed by atoms with Crippen LogP contribution in [0.1, 0.15) is 18.4 Å². The number of benzene rings is 2. The fraction of sp³-hybridized carbons (Fsp3) is 0.250. The van der Waals surface area contributed by atoms with Gasteiger partial charge in [0.15, 0.2) is 6.61 Å². The topological polar surface area (TPSA) is 79.2 Å². The molecule has 0 unspecified atom stereocenters. The SMILES string of the molecule is N#CCSc1ccccc1NC(=O)COC(=O)C1(c2ccccc2)CC1. The summed E-state index contributed by atoms with van der Waals surface area (Å²) in [5.74, 6) is -0.459. The predicted octanol–water partition coefficient (Wildman–Crippen LogP) is 3.52. The number of nitrogens with zero attached hydrogens (tertiary/aromatic N) is 1. The Morgan fingerprint density at radius 2 is 1.81 bits per heavy atom. The van der Waals surface area contributed by atoms with Crippen LogP contribution in [0.25, 0.3) is 0 Å². The van der Waals surface area contributed by atoms with E-state index in [0.29, 0.717) is 11.4 Å². The molecule has 6 heteroatoms. The molecule has 1 saturated carbocycles. The second-order valence-electron chi connectivity index (χ2n) is 6.02. The number of hydrogen-bond donors (Lipinski definition) is 1. The monoisotopic (exact) mass is 366 g/mol. The molecule has 2 aromatic carbocycles. The number of rotatable bonds is 7. The van der Waals surface area contributed by atoms with Crippen molar-refractivity contribution in [2.24, 2.45) is 0 Å². The van der Waals surface area contributed by atoms with Gasteiger partial charge in [-0.2, -0.15) is 5.26 Å². The zero-order chi connectivity index (χ0) is 18.4. The van der Waals surface area contributed by atoms with Crippen LogP contribution in [-0.4, -0.2) is 24.2 Å². The molecular weight excluding hydrogens is 348 g/mol. The molecule has 0 radical (unpaired) electrons. The Labute approximate surface area is 156 Å². The number of esters is 1. The Hall–Kier alpha value is -2.78. The lowest BCUT2D eigenvalue weighted by molar-refractivity contribution is -0.150. The number of thioether (sulfide) groups is 1. The van der Waals surface area contributed by atoms with Gasteiger partial charge in [0.25, 0.3) is 5.91 Å². The number of carbonyl (C=O) groups is 2. The summed E-state index contributed by atoms with van der Waals surface area (Å²) in [5, 5.41) is 11.4. The number of ether oxygens (including phenoxy) is 1.